The van der Waals surface area contributed by atoms with Crippen molar-refractivity contribution in [2.75, 3.05) is 6.61 Å². The molecule has 0 aromatic heterocycles. The second-order valence-corrected chi connectivity index (χ2v) is 4.64. The van der Waals surface area contributed by atoms with Gasteiger partial charge in [0, 0.05) is 0 Å². The van der Waals surface area contributed by atoms with Gasteiger partial charge in [0.1, 0.15) is 12.4 Å². The first-order chi connectivity index (χ1) is 10.2. The highest BCUT2D eigenvalue weighted by atomic mass is 16.5. The minimum atomic E-state index is 0.134. The molecule has 0 bridgehead atoms. The molecular formula is C18H15NO2. The minimum Gasteiger partial charge on any atom is -0.487 e. The van der Waals surface area contributed by atoms with Crippen LogP contribution in [0.3, 0.4) is 0 Å². The molecule has 0 aliphatic carbocycles. The van der Waals surface area contributed by atoms with Crippen molar-refractivity contribution < 1.29 is 9.53 Å². The quantitative estimate of drug-likeness (QED) is 0.617. The van der Waals surface area contributed by atoms with Gasteiger partial charge in [0.2, 0.25) is 0 Å². The Morgan fingerprint density at radius 1 is 1.19 bits per heavy atom. The summed E-state index contributed by atoms with van der Waals surface area (Å²) in [6.07, 6.45) is 2.52. The van der Waals surface area contributed by atoms with Crippen LogP contribution >= 0.6 is 0 Å². The van der Waals surface area contributed by atoms with Gasteiger partial charge in [-0.3, -0.25) is 4.79 Å². The van der Waals surface area contributed by atoms with Crippen molar-refractivity contribution >= 4 is 12.4 Å². The lowest BCUT2D eigenvalue weighted by molar-refractivity contribution is 0.112. The molecule has 0 fully saturated rings. The summed E-state index contributed by atoms with van der Waals surface area (Å²) in [6.45, 7) is 2.15. The van der Waals surface area contributed by atoms with Gasteiger partial charge in [0.25, 0.3) is 0 Å². The summed E-state index contributed by atoms with van der Waals surface area (Å²) in [6, 6.07) is 16.9. The molecule has 0 heterocycles. The van der Waals surface area contributed by atoms with Crippen LogP contribution in [0.1, 0.15) is 21.5 Å². The summed E-state index contributed by atoms with van der Waals surface area (Å²) in [5, 5.41) is 9.18. The first kappa shape index (κ1) is 14.5. The van der Waals surface area contributed by atoms with Gasteiger partial charge in [0.05, 0.1) is 17.2 Å². The van der Waals surface area contributed by atoms with Crippen LogP contribution < -0.4 is 4.74 Å². The van der Waals surface area contributed by atoms with E-state index in [2.05, 4.69) is 6.07 Å². The zero-order valence-electron chi connectivity index (χ0n) is 11.7. The lowest BCUT2D eigenvalue weighted by Gasteiger charge is -2.07. The van der Waals surface area contributed by atoms with Crippen molar-refractivity contribution in [3.05, 3.63) is 70.8 Å². The third-order valence-corrected chi connectivity index (χ3v) is 2.99. The maximum atomic E-state index is 10.9. The summed E-state index contributed by atoms with van der Waals surface area (Å²) in [4.78, 5) is 10.9. The number of hydrogen-bond acceptors (Lipinski definition) is 3. The number of nitriles is 1. The number of benzene rings is 2. The SMILES string of the molecule is Cc1ccc(C=C(C#N)COc2ccccc2C=O)cc1. The van der Waals surface area contributed by atoms with E-state index in [0.717, 1.165) is 11.8 Å². The van der Waals surface area contributed by atoms with E-state index in [4.69, 9.17) is 4.74 Å². The van der Waals surface area contributed by atoms with E-state index >= 15 is 0 Å². The van der Waals surface area contributed by atoms with Crippen LogP contribution in [-0.4, -0.2) is 12.9 Å². The number of hydrogen-bond donors (Lipinski definition) is 0. The van der Waals surface area contributed by atoms with Crippen molar-refractivity contribution in [3.63, 3.8) is 0 Å². The average molecular weight is 277 g/mol. The van der Waals surface area contributed by atoms with Gasteiger partial charge >= 0.3 is 0 Å². The predicted octanol–water partition coefficient (Wildman–Crippen LogP) is 3.79. The molecule has 0 amide bonds. The Hall–Kier alpha value is -2.86. The van der Waals surface area contributed by atoms with Gasteiger partial charge in [-0.05, 0) is 30.7 Å². The monoisotopic (exact) mass is 277 g/mol. The van der Waals surface area contributed by atoms with Crippen molar-refractivity contribution in [2.45, 2.75) is 6.92 Å². The first-order valence-corrected chi connectivity index (χ1v) is 6.57. The van der Waals surface area contributed by atoms with Crippen LogP contribution in [0.2, 0.25) is 0 Å². The number of carbonyl (C=O) groups excluding carboxylic acids is 1. The molecule has 3 heteroatoms. The third kappa shape index (κ3) is 4.05. The molecule has 0 saturated heterocycles. The molecule has 2 aromatic carbocycles. The largest absolute Gasteiger partial charge is 0.487 e. The average Bonchev–Trinajstić information content (AvgIpc) is 2.53. The smallest absolute Gasteiger partial charge is 0.153 e. The number of carbonyl (C=O) groups is 1. The summed E-state index contributed by atoms with van der Waals surface area (Å²) >= 11 is 0. The molecule has 0 spiro atoms. The molecule has 3 nitrogen and oxygen atoms in total. The van der Waals surface area contributed by atoms with Crippen LogP contribution in [0.25, 0.3) is 6.08 Å². The molecule has 2 aromatic rings. The van der Waals surface area contributed by atoms with Gasteiger partial charge in [-0.1, -0.05) is 42.0 Å². The van der Waals surface area contributed by atoms with Gasteiger partial charge in [0.15, 0.2) is 6.29 Å². The normalized spacial score (nSPS) is 10.8. The number of ether oxygens (including phenoxy) is 1. The van der Waals surface area contributed by atoms with Crippen LogP contribution in [0.4, 0.5) is 0 Å². The summed E-state index contributed by atoms with van der Waals surface area (Å²) in [5.74, 6) is 0.484. The van der Waals surface area contributed by atoms with Gasteiger partial charge < -0.3 is 4.74 Å². The van der Waals surface area contributed by atoms with E-state index in [1.165, 1.54) is 5.56 Å². The highest BCUT2D eigenvalue weighted by Gasteiger charge is 2.03. The molecule has 2 rings (SSSR count). The van der Waals surface area contributed by atoms with Gasteiger partial charge in [-0.25, -0.2) is 0 Å². The molecule has 0 aliphatic rings. The number of aldehydes is 1. The second kappa shape index (κ2) is 7.06. The Morgan fingerprint density at radius 3 is 2.57 bits per heavy atom. The molecule has 21 heavy (non-hydrogen) atoms. The Balaban J connectivity index is 2.11. The van der Waals surface area contributed by atoms with E-state index in [1.54, 1.807) is 30.3 Å². The van der Waals surface area contributed by atoms with E-state index in [9.17, 15) is 10.1 Å². The van der Waals surface area contributed by atoms with Crippen LogP contribution in [0.5, 0.6) is 5.75 Å². The molecule has 0 N–H and O–H groups in total. The zero-order chi connectivity index (χ0) is 15.1. The molecule has 0 radical (unpaired) electrons. The summed E-state index contributed by atoms with van der Waals surface area (Å²) in [5.41, 5.74) is 3.09. The summed E-state index contributed by atoms with van der Waals surface area (Å²) in [7, 11) is 0. The maximum Gasteiger partial charge on any atom is 0.153 e. The fourth-order valence-electron chi connectivity index (χ4n) is 1.83. The number of rotatable bonds is 5. The van der Waals surface area contributed by atoms with Crippen molar-refractivity contribution in [1.29, 1.82) is 5.26 Å². The molecule has 0 aliphatic heterocycles. The highest BCUT2D eigenvalue weighted by Crippen LogP contribution is 2.17. The molecule has 0 unspecified atom stereocenters. The summed E-state index contributed by atoms with van der Waals surface area (Å²) < 4.78 is 5.55. The lowest BCUT2D eigenvalue weighted by atomic mass is 10.1. The predicted molar refractivity (Wildman–Crippen MR) is 82.1 cm³/mol. The highest BCUT2D eigenvalue weighted by molar-refractivity contribution is 5.79. The zero-order valence-corrected chi connectivity index (χ0v) is 11.7. The van der Waals surface area contributed by atoms with E-state index < -0.39 is 0 Å². The topological polar surface area (TPSA) is 50.1 Å². The van der Waals surface area contributed by atoms with Gasteiger partial charge in [-0.15, -0.1) is 0 Å². The van der Waals surface area contributed by atoms with E-state index in [-0.39, 0.29) is 6.61 Å². The fraction of sp³-hybridized carbons (Fsp3) is 0.111. The maximum absolute atomic E-state index is 10.9. The number of para-hydroxylation sites is 1. The Labute approximate surface area is 124 Å². The Morgan fingerprint density at radius 2 is 1.90 bits per heavy atom. The van der Waals surface area contributed by atoms with Crippen LogP contribution in [-0.2, 0) is 0 Å². The van der Waals surface area contributed by atoms with Crippen molar-refractivity contribution in [2.24, 2.45) is 0 Å². The minimum absolute atomic E-state index is 0.134. The van der Waals surface area contributed by atoms with Crippen LogP contribution in [0, 0.1) is 18.3 Å². The lowest BCUT2D eigenvalue weighted by Crippen LogP contribution is -2.02. The standard InChI is InChI=1S/C18H15NO2/c1-14-6-8-15(9-7-14)10-16(11-19)13-21-18-5-3-2-4-17(18)12-20/h2-10,12H,13H2,1H3. The van der Waals surface area contributed by atoms with E-state index in [0.29, 0.717) is 16.9 Å². The number of aryl methyl sites for hydroxylation is 1. The molecular weight excluding hydrogens is 262 g/mol. The van der Waals surface area contributed by atoms with Gasteiger partial charge in [-0.2, -0.15) is 5.26 Å². The Kier molecular flexibility index (Phi) is 4.89. The van der Waals surface area contributed by atoms with Crippen molar-refractivity contribution in [3.8, 4) is 11.8 Å². The first-order valence-electron chi connectivity index (χ1n) is 6.57. The second-order valence-electron chi connectivity index (χ2n) is 4.64. The van der Waals surface area contributed by atoms with Crippen LogP contribution in [0.15, 0.2) is 54.1 Å². The molecule has 104 valence electrons. The third-order valence-electron chi connectivity index (χ3n) is 2.99. The molecule has 0 saturated carbocycles. The fourth-order valence-corrected chi connectivity index (χ4v) is 1.83. The van der Waals surface area contributed by atoms with E-state index in [1.807, 2.05) is 31.2 Å². The number of nitrogens with zero attached hydrogens (tertiary/aromatic N) is 1. The van der Waals surface area contributed by atoms with Crippen molar-refractivity contribution in [1.82, 2.24) is 0 Å². The molecule has 0 atom stereocenters. The Bertz CT molecular complexity index is 694.